The highest BCUT2D eigenvalue weighted by molar-refractivity contribution is 5.39. The highest BCUT2D eigenvalue weighted by Crippen LogP contribution is 2.10. The Kier molecular flexibility index (Phi) is 15.0. The topological polar surface area (TPSA) is 0 Å². The summed E-state index contributed by atoms with van der Waals surface area (Å²) in [7, 11) is 0. The number of hydrogen-bond acceptors (Lipinski definition) is 0. The molecule has 0 aliphatic carbocycles. The SMILES string of the molecule is C=C(C)C.C=C/C=C(\C=C/C)C(/C)=C/C.Cc1ccc(C)cc1. The molecular formula is C23H34. The summed E-state index contributed by atoms with van der Waals surface area (Å²) in [5, 5.41) is 0. The lowest BCUT2D eigenvalue weighted by molar-refractivity contribution is 1.39. The first-order valence-corrected chi connectivity index (χ1v) is 8.02. The fraction of sp³-hybridized carbons (Fsp3) is 0.304. The molecule has 1 rings (SSSR count). The molecule has 0 aliphatic heterocycles. The second kappa shape index (κ2) is 14.8. The maximum Gasteiger partial charge on any atom is -0.0234 e. The zero-order chi connectivity index (χ0) is 18.3. The van der Waals surface area contributed by atoms with Crippen molar-refractivity contribution in [2.75, 3.05) is 0 Å². The summed E-state index contributed by atoms with van der Waals surface area (Å²) in [6.45, 7) is 21.5. The van der Waals surface area contributed by atoms with Crippen molar-refractivity contribution in [2.45, 2.75) is 48.5 Å². The quantitative estimate of drug-likeness (QED) is 0.400. The summed E-state index contributed by atoms with van der Waals surface area (Å²) >= 11 is 0. The van der Waals surface area contributed by atoms with E-state index in [1.165, 1.54) is 27.8 Å². The van der Waals surface area contributed by atoms with Crippen LogP contribution in [0, 0.1) is 13.8 Å². The third kappa shape index (κ3) is 16.1. The minimum absolute atomic E-state index is 1.17. The first kappa shape index (κ1) is 23.2. The van der Waals surface area contributed by atoms with Crippen molar-refractivity contribution in [3.05, 3.63) is 95.6 Å². The van der Waals surface area contributed by atoms with E-state index in [2.05, 4.69) is 70.3 Å². The van der Waals surface area contributed by atoms with E-state index in [0.717, 1.165) is 0 Å². The lowest BCUT2D eigenvalue weighted by Crippen LogP contribution is -1.78. The van der Waals surface area contributed by atoms with Crippen LogP contribution in [-0.2, 0) is 0 Å². The van der Waals surface area contributed by atoms with Gasteiger partial charge in [-0.1, -0.05) is 77.9 Å². The van der Waals surface area contributed by atoms with Gasteiger partial charge in [-0.25, -0.2) is 0 Å². The minimum Gasteiger partial charge on any atom is -0.100 e. The van der Waals surface area contributed by atoms with Gasteiger partial charge in [-0.2, -0.15) is 0 Å². The molecule has 0 radical (unpaired) electrons. The van der Waals surface area contributed by atoms with Crippen LogP contribution in [0.1, 0.15) is 45.7 Å². The Morgan fingerprint density at radius 1 is 0.913 bits per heavy atom. The molecule has 0 N–H and O–H groups in total. The van der Waals surface area contributed by atoms with Crippen molar-refractivity contribution in [3.8, 4) is 0 Å². The average Bonchev–Trinajstić information content (AvgIpc) is 2.49. The summed E-state index contributed by atoms with van der Waals surface area (Å²) in [6.07, 6.45) is 10.0. The molecule has 0 spiro atoms. The molecule has 23 heavy (non-hydrogen) atoms. The first-order valence-electron chi connectivity index (χ1n) is 8.02. The summed E-state index contributed by atoms with van der Waals surface area (Å²) < 4.78 is 0. The largest absolute Gasteiger partial charge is 0.100 e. The van der Waals surface area contributed by atoms with Crippen LogP contribution >= 0.6 is 0 Å². The van der Waals surface area contributed by atoms with E-state index in [1.54, 1.807) is 0 Å². The van der Waals surface area contributed by atoms with Crippen LogP contribution in [0.5, 0.6) is 0 Å². The van der Waals surface area contributed by atoms with E-state index in [1.807, 2.05) is 45.9 Å². The fourth-order valence-corrected chi connectivity index (χ4v) is 1.43. The Morgan fingerprint density at radius 3 is 1.57 bits per heavy atom. The zero-order valence-electron chi connectivity index (χ0n) is 16.1. The van der Waals surface area contributed by atoms with Crippen molar-refractivity contribution in [1.82, 2.24) is 0 Å². The molecular weight excluding hydrogens is 276 g/mol. The number of benzene rings is 1. The average molecular weight is 311 g/mol. The Hall–Kier alpha value is -2.08. The van der Waals surface area contributed by atoms with Gasteiger partial charge in [-0.15, -0.1) is 6.58 Å². The standard InChI is InChI=1S/C11H16.C8H10.C4H8/c1-5-8-11(9-6-2)10(4)7-3;1-7-3-5-8(2)6-4-7;1-4(2)3/h5-9H,1H2,2-4H3;3-6H,1-2H3;1H2,2-3H3/b9-6-,10-7+,11-8+;;. The van der Waals surface area contributed by atoms with Crippen molar-refractivity contribution >= 4 is 0 Å². The predicted octanol–water partition coefficient (Wildman–Crippen LogP) is 7.53. The van der Waals surface area contributed by atoms with Gasteiger partial charge in [0.1, 0.15) is 0 Å². The van der Waals surface area contributed by atoms with Crippen LogP contribution < -0.4 is 0 Å². The van der Waals surface area contributed by atoms with Gasteiger partial charge in [-0.3, -0.25) is 0 Å². The maximum atomic E-state index is 3.66. The van der Waals surface area contributed by atoms with Gasteiger partial charge < -0.3 is 0 Å². The number of allylic oxidation sites excluding steroid dienone is 8. The van der Waals surface area contributed by atoms with Gasteiger partial charge in [-0.05, 0) is 59.6 Å². The van der Waals surface area contributed by atoms with E-state index in [-0.39, 0.29) is 0 Å². The molecule has 0 fully saturated rings. The Labute approximate surface area is 144 Å². The van der Waals surface area contributed by atoms with Gasteiger partial charge in [0.2, 0.25) is 0 Å². The molecule has 126 valence electrons. The normalized spacial score (nSPS) is 11.1. The van der Waals surface area contributed by atoms with E-state index < -0.39 is 0 Å². The highest BCUT2D eigenvalue weighted by atomic mass is 14.0. The molecule has 0 amide bonds. The maximum absolute atomic E-state index is 3.66. The Bertz CT molecular complexity index is 509. The fourth-order valence-electron chi connectivity index (χ4n) is 1.43. The number of aryl methyl sites for hydroxylation is 2. The number of rotatable bonds is 3. The van der Waals surface area contributed by atoms with E-state index in [9.17, 15) is 0 Å². The molecule has 0 saturated carbocycles. The van der Waals surface area contributed by atoms with Crippen molar-refractivity contribution in [1.29, 1.82) is 0 Å². The highest BCUT2D eigenvalue weighted by Gasteiger charge is 1.90. The van der Waals surface area contributed by atoms with Crippen LogP contribution in [0.25, 0.3) is 0 Å². The summed E-state index contributed by atoms with van der Waals surface area (Å²) in [5.74, 6) is 0. The molecule has 0 saturated heterocycles. The molecule has 0 atom stereocenters. The lowest BCUT2D eigenvalue weighted by atomic mass is 10.1. The van der Waals surface area contributed by atoms with Crippen LogP contribution in [0.3, 0.4) is 0 Å². The van der Waals surface area contributed by atoms with Crippen LogP contribution in [0.4, 0.5) is 0 Å². The van der Waals surface area contributed by atoms with Crippen LogP contribution in [0.15, 0.2) is 84.5 Å². The van der Waals surface area contributed by atoms with Crippen molar-refractivity contribution < 1.29 is 0 Å². The van der Waals surface area contributed by atoms with E-state index in [4.69, 9.17) is 0 Å². The van der Waals surface area contributed by atoms with E-state index >= 15 is 0 Å². The zero-order valence-corrected chi connectivity index (χ0v) is 16.1. The second-order valence-electron chi connectivity index (χ2n) is 5.69. The third-order valence-electron chi connectivity index (χ3n) is 2.75. The van der Waals surface area contributed by atoms with Crippen LogP contribution in [-0.4, -0.2) is 0 Å². The minimum atomic E-state index is 1.17. The van der Waals surface area contributed by atoms with Crippen molar-refractivity contribution in [2.24, 2.45) is 0 Å². The Morgan fingerprint density at radius 2 is 1.30 bits per heavy atom. The van der Waals surface area contributed by atoms with Gasteiger partial charge in [0.15, 0.2) is 0 Å². The molecule has 0 nitrogen and oxygen atoms in total. The molecule has 0 unspecified atom stereocenters. The van der Waals surface area contributed by atoms with Gasteiger partial charge in [0, 0.05) is 0 Å². The molecule has 1 aromatic rings. The second-order valence-corrected chi connectivity index (χ2v) is 5.69. The monoisotopic (exact) mass is 310 g/mol. The molecule has 0 heteroatoms. The number of hydrogen-bond donors (Lipinski definition) is 0. The molecule has 0 aromatic heterocycles. The predicted molar refractivity (Wildman–Crippen MR) is 109 cm³/mol. The molecule has 0 bridgehead atoms. The third-order valence-corrected chi connectivity index (χ3v) is 2.75. The summed E-state index contributed by atoms with van der Waals surface area (Å²) in [4.78, 5) is 0. The van der Waals surface area contributed by atoms with Gasteiger partial charge in [0.05, 0.1) is 0 Å². The molecule has 0 heterocycles. The van der Waals surface area contributed by atoms with E-state index in [0.29, 0.717) is 0 Å². The van der Waals surface area contributed by atoms with Gasteiger partial charge >= 0.3 is 0 Å². The summed E-state index contributed by atoms with van der Waals surface area (Å²) in [5.41, 5.74) is 6.33. The smallest absolute Gasteiger partial charge is 0.0234 e. The lowest BCUT2D eigenvalue weighted by Gasteiger charge is -1.98. The molecule has 0 aliphatic rings. The van der Waals surface area contributed by atoms with Crippen molar-refractivity contribution in [3.63, 3.8) is 0 Å². The first-order chi connectivity index (χ1) is 10.8. The summed E-state index contributed by atoms with van der Waals surface area (Å²) in [6, 6.07) is 8.48. The molecule has 1 aromatic carbocycles. The van der Waals surface area contributed by atoms with Crippen LogP contribution in [0.2, 0.25) is 0 Å². The van der Waals surface area contributed by atoms with Gasteiger partial charge in [0.25, 0.3) is 0 Å². The Balaban J connectivity index is 0.